The van der Waals surface area contributed by atoms with Gasteiger partial charge in [0, 0.05) is 56.0 Å². The molecule has 2 aliphatic rings. The van der Waals surface area contributed by atoms with Crippen LogP contribution in [-0.4, -0.2) is 38.4 Å². The topological polar surface area (TPSA) is 68.1 Å². The van der Waals surface area contributed by atoms with Gasteiger partial charge in [0.2, 0.25) is 5.91 Å². The second-order valence-corrected chi connectivity index (χ2v) is 7.48. The molecule has 1 fully saturated rings. The average Bonchev–Trinajstić information content (AvgIpc) is 2.62. The molecular weight excluding hydrogens is 328 g/mol. The normalized spacial score (nSPS) is 21.4. The summed E-state index contributed by atoms with van der Waals surface area (Å²) in [6, 6.07) is 3.81. The molecule has 0 aromatic carbocycles. The van der Waals surface area contributed by atoms with Gasteiger partial charge in [-0.3, -0.25) is 9.59 Å². The Morgan fingerprint density at radius 2 is 2.08 bits per heavy atom. The molecule has 0 radical (unpaired) electrons. The maximum absolute atomic E-state index is 12.8. The van der Waals surface area contributed by atoms with Crippen molar-refractivity contribution in [3.63, 3.8) is 0 Å². The van der Waals surface area contributed by atoms with Gasteiger partial charge >= 0.3 is 0 Å². The molecular formula is C20H24N4O2. The summed E-state index contributed by atoms with van der Waals surface area (Å²) in [4.78, 5) is 35.5. The van der Waals surface area contributed by atoms with E-state index in [0.29, 0.717) is 24.8 Å². The number of fused-ring (bicyclic) bond motifs is 4. The summed E-state index contributed by atoms with van der Waals surface area (Å²) in [5.74, 6) is 1.40. The number of pyridine rings is 1. The molecule has 0 saturated carbocycles. The van der Waals surface area contributed by atoms with E-state index < -0.39 is 0 Å². The minimum atomic E-state index is 0.0294. The van der Waals surface area contributed by atoms with Crippen molar-refractivity contribution in [2.45, 2.75) is 46.1 Å². The molecule has 1 amide bonds. The van der Waals surface area contributed by atoms with E-state index in [-0.39, 0.29) is 17.4 Å². The van der Waals surface area contributed by atoms with Crippen LogP contribution < -0.4 is 5.56 Å². The highest BCUT2D eigenvalue weighted by Crippen LogP contribution is 2.36. The molecule has 0 aliphatic carbocycles. The number of likely N-dealkylation sites (tertiary alicyclic amines) is 1. The largest absolute Gasteiger partial charge is 0.342 e. The first-order chi connectivity index (χ1) is 12.5. The molecule has 2 aromatic heterocycles. The van der Waals surface area contributed by atoms with E-state index in [4.69, 9.17) is 0 Å². The Bertz CT molecular complexity index is 934. The summed E-state index contributed by atoms with van der Waals surface area (Å²) >= 11 is 0. The fourth-order valence-corrected chi connectivity index (χ4v) is 4.36. The van der Waals surface area contributed by atoms with Crippen LogP contribution in [0.3, 0.4) is 0 Å². The first-order valence-electron chi connectivity index (χ1n) is 9.29. The third-order valence-corrected chi connectivity index (χ3v) is 5.64. The molecule has 0 unspecified atom stereocenters. The van der Waals surface area contributed by atoms with Gasteiger partial charge in [0.1, 0.15) is 5.82 Å². The van der Waals surface area contributed by atoms with Gasteiger partial charge in [0.15, 0.2) is 0 Å². The van der Waals surface area contributed by atoms with Crippen LogP contribution >= 0.6 is 0 Å². The van der Waals surface area contributed by atoms with E-state index in [1.54, 1.807) is 13.0 Å². The number of rotatable bonds is 2. The van der Waals surface area contributed by atoms with Gasteiger partial charge in [-0.15, -0.1) is 0 Å². The van der Waals surface area contributed by atoms with Gasteiger partial charge in [0.05, 0.1) is 5.69 Å². The molecule has 1 saturated heterocycles. The van der Waals surface area contributed by atoms with Crippen LogP contribution in [0.5, 0.6) is 0 Å². The number of carbonyl (C=O) groups is 1. The maximum Gasteiger partial charge on any atom is 0.251 e. The molecule has 6 nitrogen and oxygen atoms in total. The first-order valence-corrected chi connectivity index (χ1v) is 9.29. The maximum atomic E-state index is 12.8. The van der Waals surface area contributed by atoms with Crippen LogP contribution in [0.1, 0.15) is 43.3 Å². The van der Waals surface area contributed by atoms with E-state index in [1.807, 2.05) is 22.6 Å². The third kappa shape index (κ3) is 2.83. The number of carbonyl (C=O) groups excluding carboxylic acids is 1. The Morgan fingerprint density at radius 1 is 1.27 bits per heavy atom. The van der Waals surface area contributed by atoms with Crippen molar-refractivity contribution in [3.05, 3.63) is 45.8 Å². The van der Waals surface area contributed by atoms with Gasteiger partial charge in [-0.2, -0.15) is 0 Å². The minimum absolute atomic E-state index is 0.0294. The predicted octanol–water partition coefficient (Wildman–Crippen LogP) is 2.14. The number of amides is 1. The lowest BCUT2D eigenvalue weighted by Gasteiger charge is -2.42. The zero-order valence-corrected chi connectivity index (χ0v) is 15.5. The number of aromatic nitrogens is 3. The number of nitrogens with zero attached hydrogens (tertiary/aromatic N) is 4. The quantitative estimate of drug-likeness (QED) is 0.830. The second-order valence-electron chi connectivity index (χ2n) is 7.48. The van der Waals surface area contributed by atoms with Crippen LogP contribution in [0.4, 0.5) is 0 Å². The minimum Gasteiger partial charge on any atom is -0.342 e. The number of piperidine rings is 1. The highest BCUT2D eigenvalue weighted by Gasteiger charge is 2.35. The molecule has 0 N–H and O–H groups in total. The van der Waals surface area contributed by atoms with Gasteiger partial charge in [0.25, 0.3) is 5.56 Å². The molecule has 2 aromatic rings. The lowest BCUT2D eigenvalue weighted by molar-refractivity contribution is -0.131. The van der Waals surface area contributed by atoms with E-state index in [1.165, 1.54) is 0 Å². The molecule has 26 heavy (non-hydrogen) atoms. The van der Waals surface area contributed by atoms with Gasteiger partial charge in [-0.25, -0.2) is 9.97 Å². The second kappa shape index (κ2) is 6.34. The molecule has 6 heteroatoms. The van der Waals surface area contributed by atoms with Crippen molar-refractivity contribution in [3.8, 4) is 11.3 Å². The van der Waals surface area contributed by atoms with Crippen molar-refractivity contribution in [1.29, 1.82) is 0 Å². The van der Waals surface area contributed by atoms with Crippen molar-refractivity contribution < 1.29 is 4.79 Å². The lowest BCUT2D eigenvalue weighted by Crippen LogP contribution is -2.48. The summed E-state index contributed by atoms with van der Waals surface area (Å²) in [6.07, 6.45) is 3.70. The predicted molar refractivity (Wildman–Crippen MR) is 98.9 cm³/mol. The summed E-state index contributed by atoms with van der Waals surface area (Å²) in [5.41, 5.74) is 3.82. The Morgan fingerprint density at radius 3 is 2.81 bits per heavy atom. The van der Waals surface area contributed by atoms with Gasteiger partial charge in [-0.1, -0.05) is 6.92 Å². The zero-order chi connectivity index (χ0) is 18.4. The van der Waals surface area contributed by atoms with E-state index >= 15 is 0 Å². The Balaban J connectivity index is 1.82. The SMILES string of the molecule is CCc1cnc(C)nc1-c1cc2n(c(=O)c1)C[C@H]1C[C@@H]2CN(C(C)=O)C1. The molecule has 4 rings (SSSR count). The average molecular weight is 352 g/mol. The third-order valence-electron chi connectivity index (χ3n) is 5.64. The lowest BCUT2D eigenvalue weighted by atomic mass is 9.82. The van der Waals surface area contributed by atoms with E-state index in [9.17, 15) is 9.59 Å². The van der Waals surface area contributed by atoms with Crippen LogP contribution in [0.25, 0.3) is 11.3 Å². The fourth-order valence-electron chi connectivity index (χ4n) is 4.36. The molecule has 0 spiro atoms. The number of aryl methyl sites for hydroxylation is 2. The standard InChI is InChI=1S/C20H24N4O2/c1-4-15-8-21-12(2)22-20(15)16-6-18-17-5-14(9-23(11-17)13(3)25)10-24(18)19(26)7-16/h6-8,14,17H,4-5,9-11H2,1-3H3/t14-,17+/m0/s1. The Hall–Kier alpha value is -2.50. The Labute approximate surface area is 152 Å². The van der Waals surface area contributed by atoms with E-state index in [0.717, 1.165) is 41.9 Å². The summed E-state index contributed by atoms with van der Waals surface area (Å²) in [6.45, 7) is 7.70. The monoisotopic (exact) mass is 352 g/mol. The van der Waals surface area contributed by atoms with E-state index in [2.05, 4.69) is 23.0 Å². The van der Waals surface area contributed by atoms with Crippen molar-refractivity contribution >= 4 is 5.91 Å². The van der Waals surface area contributed by atoms with Crippen LogP contribution in [-0.2, 0) is 17.8 Å². The molecule has 2 bridgehead atoms. The smallest absolute Gasteiger partial charge is 0.251 e. The van der Waals surface area contributed by atoms with Crippen LogP contribution in [0.2, 0.25) is 0 Å². The fraction of sp³-hybridized carbons (Fsp3) is 0.500. The van der Waals surface area contributed by atoms with Crippen molar-refractivity contribution in [2.75, 3.05) is 13.1 Å². The highest BCUT2D eigenvalue weighted by atomic mass is 16.2. The van der Waals surface area contributed by atoms with Gasteiger partial charge in [-0.05, 0) is 37.3 Å². The molecule has 2 atom stereocenters. The Kier molecular flexibility index (Phi) is 4.13. The highest BCUT2D eigenvalue weighted by molar-refractivity contribution is 5.73. The van der Waals surface area contributed by atoms with Crippen LogP contribution in [0.15, 0.2) is 23.1 Å². The number of hydrogen-bond donors (Lipinski definition) is 0. The van der Waals surface area contributed by atoms with Crippen molar-refractivity contribution in [1.82, 2.24) is 19.4 Å². The van der Waals surface area contributed by atoms with Crippen molar-refractivity contribution in [2.24, 2.45) is 5.92 Å². The summed E-state index contributed by atoms with van der Waals surface area (Å²) < 4.78 is 1.90. The zero-order valence-electron chi connectivity index (χ0n) is 15.5. The molecule has 2 aliphatic heterocycles. The summed E-state index contributed by atoms with van der Waals surface area (Å²) in [7, 11) is 0. The summed E-state index contributed by atoms with van der Waals surface area (Å²) in [5, 5.41) is 0. The van der Waals surface area contributed by atoms with Crippen LogP contribution in [0, 0.1) is 12.8 Å². The molecule has 136 valence electrons. The number of hydrogen-bond acceptors (Lipinski definition) is 4. The first kappa shape index (κ1) is 16.9. The van der Waals surface area contributed by atoms with Gasteiger partial charge < -0.3 is 9.47 Å². The molecule has 4 heterocycles.